The average molecular weight is 770 g/mol. The highest BCUT2D eigenvalue weighted by molar-refractivity contribution is 6.06. The largest absolute Gasteiger partial charge is 0.462 e. The van der Waals surface area contributed by atoms with Crippen LogP contribution in [0, 0.1) is 23.7 Å². The summed E-state index contributed by atoms with van der Waals surface area (Å²) in [6.07, 6.45) is 14.4. The number of carbonyl (C=O) groups excluding carboxylic acids is 1. The van der Waals surface area contributed by atoms with E-state index in [9.17, 15) is 20.2 Å². The Kier molecular flexibility index (Phi) is 12.5. The zero-order chi connectivity index (χ0) is 39.1. The van der Waals surface area contributed by atoms with E-state index in [1.165, 1.54) is 19.3 Å². The van der Waals surface area contributed by atoms with E-state index >= 15 is 0 Å². The fraction of sp³-hybridized carbons (Fsp3) is 0.767. The maximum absolute atomic E-state index is 14.4. The lowest BCUT2D eigenvalue weighted by molar-refractivity contribution is -0.342. The summed E-state index contributed by atoms with van der Waals surface area (Å²) in [5, 5.41) is 36.7. The van der Waals surface area contributed by atoms with Crippen molar-refractivity contribution in [3.8, 4) is 0 Å². The summed E-state index contributed by atoms with van der Waals surface area (Å²) in [6, 6.07) is 0. The summed E-state index contributed by atoms with van der Waals surface area (Å²) >= 11 is 0. The summed E-state index contributed by atoms with van der Waals surface area (Å²) in [5.74, 6) is -1.83. The molecule has 0 radical (unpaired) electrons. The Hall–Kier alpha value is -2.42. The topological polar surface area (TPSA) is 155 Å². The van der Waals surface area contributed by atoms with Gasteiger partial charge in [-0.1, -0.05) is 68.6 Å². The van der Waals surface area contributed by atoms with E-state index in [2.05, 4.69) is 32.0 Å². The van der Waals surface area contributed by atoms with Crippen molar-refractivity contribution in [2.45, 2.75) is 172 Å². The van der Waals surface area contributed by atoms with Gasteiger partial charge in [-0.25, -0.2) is 0 Å². The van der Waals surface area contributed by atoms with Gasteiger partial charge in [0.15, 0.2) is 12.1 Å². The van der Waals surface area contributed by atoms with Gasteiger partial charge >= 0.3 is 5.97 Å². The fourth-order valence-electron chi connectivity index (χ4n) is 10.4. The van der Waals surface area contributed by atoms with Gasteiger partial charge in [-0.3, -0.25) is 4.79 Å². The predicted octanol–water partition coefficient (Wildman–Crippen LogP) is 6.07. The highest BCUT2D eigenvalue weighted by atomic mass is 16.7. The number of rotatable bonds is 4. The van der Waals surface area contributed by atoms with Crippen LogP contribution in [0.1, 0.15) is 105 Å². The molecule has 7 rings (SSSR count). The van der Waals surface area contributed by atoms with E-state index in [1.807, 2.05) is 19.1 Å². The number of oxime groups is 1. The van der Waals surface area contributed by atoms with Crippen molar-refractivity contribution in [3.05, 3.63) is 47.1 Å². The molecule has 2 aliphatic carbocycles. The first kappa shape index (κ1) is 40.8. The van der Waals surface area contributed by atoms with Crippen LogP contribution in [0.3, 0.4) is 0 Å². The maximum atomic E-state index is 14.4. The molecule has 4 saturated heterocycles. The number of esters is 1. The number of aliphatic hydroxyl groups excluding tert-OH is 1. The van der Waals surface area contributed by atoms with Crippen molar-refractivity contribution in [1.82, 2.24) is 0 Å². The molecule has 2 bridgehead atoms. The van der Waals surface area contributed by atoms with Crippen LogP contribution < -0.4 is 0 Å². The van der Waals surface area contributed by atoms with Crippen LogP contribution in [0.2, 0.25) is 0 Å². The van der Waals surface area contributed by atoms with Gasteiger partial charge in [0.2, 0.25) is 0 Å². The van der Waals surface area contributed by atoms with Gasteiger partial charge in [-0.15, -0.1) is 0 Å². The number of nitrogens with zero attached hydrogens (tertiary/aromatic N) is 1. The first-order valence-electron chi connectivity index (χ1n) is 20.7. The van der Waals surface area contributed by atoms with Crippen molar-refractivity contribution in [2.75, 3.05) is 13.7 Å². The third kappa shape index (κ3) is 8.17. The number of carbonyl (C=O) groups is 1. The minimum Gasteiger partial charge on any atom is -0.462 e. The molecule has 5 heterocycles. The Morgan fingerprint density at radius 1 is 1.02 bits per heavy atom. The summed E-state index contributed by atoms with van der Waals surface area (Å²) in [5.41, 5.74) is 0.362. The molecule has 5 fully saturated rings. The normalized spacial score (nSPS) is 47.9. The van der Waals surface area contributed by atoms with Gasteiger partial charge in [-0.05, 0) is 75.0 Å². The van der Waals surface area contributed by atoms with Gasteiger partial charge in [0, 0.05) is 38.7 Å². The molecule has 0 amide bonds. The lowest BCUT2D eigenvalue weighted by atomic mass is 9.71. The molecular weight excluding hydrogens is 706 g/mol. The summed E-state index contributed by atoms with van der Waals surface area (Å²) in [7, 11) is 1.59. The van der Waals surface area contributed by atoms with Crippen molar-refractivity contribution in [2.24, 2.45) is 28.8 Å². The molecule has 12 heteroatoms. The van der Waals surface area contributed by atoms with Crippen molar-refractivity contribution in [3.63, 3.8) is 0 Å². The molecule has 7 aliphatic rings. The molecule has 55 heavy (non-hydrogen) atoms. The predicted molar refractivity (Wildman–Crippen MR) is 203 cm³/mol. The minimum absolute atomic E-state index is 0.0359. The number of aliphatic hydroxyl groups is 2. The van der Waals surface area contributed by atoms with Gasteiger partial charge in [0.05, 0.1) is 37.1 Å². The van der Waals surface area contributed by atoms with Gasteiger partial charge < -0.3 is 48.6 Å². The molecule has 3 N–H and O–H groups in total. The SMILES string of the molecule is CO[C@H]1C[C@H](OC2/C(C)=C\C[C@H]3C[C@H](C[C@@]4(CC[C@H](C)[C@H](C5CCCCC5)O4)O3)OC(=O)[C@H]3C=C(C)/C(=N/O)[C@H]4OC/C(=C/C=C/C2C)[C@@]34O)O[C@@H](C)[C@@H]1O. The van der Waals surface area contributed by atoms with Gasteiger partial charge in [0.25, 0.3) is 0 Å². The Morgan fingerprint density at radius 3 is 2.55 bits per heavy atom. The molecule has 306 valence electrons. The van der Waals surface area contributed by atoms with E-state index in [0.717, 1.165) is 24.8 Å². The smallest absolute Gasteiger partial charge is 0.316 e. The standard InChI is InChI=1S/C43H63NO11/c1-24-11-10-14-30-23-50-40-36(44-48)27(4)19-33(43(30,40)47)41(46)52-32-20-31(16-15-25(2)38(24)53-35-21-34(49-6)37(45)28(5)51-35)54-42(22-32)18-17-26(3)39(55-42)29-12-8-7-9-13-29/h10-11,14-15,19,24,26,28-29,31-35,37-40,45,47-48H,7-9,12-13,16-18,20-23H2,1-6H3/b11-10+,25-15-,30-14-,44-36-/t24?,26-,28-,31-,32+,33+,34-,35-,37-,38?,39+,40+,42-,43+/m0/s1. The highest BCUT2D eigenvalue weighted by Gasteiger charge is 2.60. The molecule has 0 aromatic heterocycles. The molecule has 1 spiro atoms. The number of ether oxygens (including phenoxy) is 7. The van der Waals surface area contributed by atoms with Crippen LogP contribution >= 0.6 is 0 Å². The fourth-order valence-corrected chi connectivity index (χ4v) is 10.4. The van der Waals surface area contributed by atoms with E-state index in [1.54, 1.807) is 26.2 Å². The van der Waals surface area contributed by atoms with E-state index in [-0.39, 0.29) is 30.4 Å². The van der Waals surface area contributed by atoms with E-state index in [4.69, 9.17) is 33.2 Å². The number of fused-ring (bicyclic) bond motifs is 2. The first-order chi connectivity index (χ1) is 26.4. The zero-order valence-electron chi connectivity index (χ0n) is 33.4. The second kappa shape index (κ2) is 16.8. The molecule has 0 aromatic rings. The number of hydrogen-bond donors (Lipinski definition) is 3. The minimum atomic E-state index is -1.83. The zero-order valence-corrected chi connectivity index (χ0v) is 33.4. The van der Waals surface area contributed by atoms with Crippen LogP contribution in [0.5, 0.6) is 0 Å². The van der Waals surface area contributed by atoms with Crippen LogP contribution in [0.15, 0.2) is 52.3 Å². The Balaban J connectivity index is 1.25. The number of allylic oxidation sites excluding steroid dienone is 2. The van der Waals surface area contributed by atoms with Crippen molar-refractivity contribution in [1.29, 1.82) is 0 Å². The molecule has 12 nitrogen and oxygen atoms in total. The number of hydrogen-bond acceptors (Lipinski definition) is 12. The molecule has 1 saturated carbocycles. The lowest BCUT2D eigenvalue weighted by Crippen LogP contribution is -2.57. The van der Waals surface area contributed by atoms with E-state index in [0.29, 0.717) is 55.1 Å². The third-order valence-corrected chi connectivity index (χ3v) is 13.6. The first-order valence-corrected chi connectivity index (χ1v) is 20.7. The van der Waals surface area contributed by atoms with Gasteiger partial charge in [0.1, 0.15) is 35.5 Å². The molecule has 0 aromatic carbocycles. The lowest BCUT2D eigenvalue weighted by Gasteiger charge is -2.51. The number of methoxy groups -OCH3 is 1. The monoisotopic (exact) mass is 769 g/mol. The molecule has 5 aliphatic heterocycles. The quantitative estimate of drug-likeness (QED) is 0.132. The Labute approximate surface area is 325 Å². The van der Waals surface area contributed by atoms with Crippen molar-refractivity contribution >= 4 is 11.7 Å². The Bertz CT molecular complexity index is 1550. The summed E-state index contributed by atoms with van der Waals surface area (Å²) < 4.78 is 45.1. The van der Waals surface area contributed by atoms with Crippen LogP contribution in [0.25, 0.3) is 0 Å². The molecule has 14 atom stereocenters. The van der Waals surface area contributed by atoms with Crippen molar-refractivity contribution < 1.29 is 53.4 Å². The van der Waals surface area contributed by atoms with E-state index < -0.39 is 66.2 Å². The van der Waals surface area contributed by atoms with Gasteiger partial charge in [-0.2, -0.15) is 0 Å². The highest BCUT2D eigenvalue weighted by Crippen LogP contribution is 2.48. The summed E-state index contributed by atoms with van der Waals surface area (Å²) in [6.45, 7) is 10.0. The van der Waals surface area contributed by atoms with Crippen LogP contribution in [-0.2, 0) is 38.0 Å². The second-order valence-electron chi connectivity index (χ2n) is 17.4. The van der Waals surface area contributed by atoms with Crippen LogP contribution in [0.4, 0.5) is 0 Å². The second-order valence-corrected chi connectivity index (χ2v) is 17.4. The molecular formula is C43H63NO11. The summed E-state index contributed by atoms with van der Waals surface area (Å²) in [4.78, 5) is 14.4. The maximum Gasteiger partial charge on any atom is 0.316 e. The molecule has 2 unspecified atom stereocenters. The third-order valence-electron chi connectivity index (χ3n) is 13.6. The Morgan fingerprint density at radius 2 is 1.80 bits per heavy atom. The van der Waals surface area contributed by atoms with Crippen LogP contribution in [-0.4, -0.2) is 107 Å². The average Bonchev–Trinajstić information content (AvgIpc) is 3.50.